The SMILES string of the molecule is CCSCC(C)NS(=O)(=O)c1cc([N+](=O)[O-])c(Cl)cc1C. The quantitative estimate of drug-likeness (QED) is 0.602. The third-order valence-corrected chi connectivity index (χ3v) is 5.84. The summed E-state index contributed by atoms with van der Waals surface area (Å²) in [6.45, 7) is 5.29. The molecule has 1 unspecified atom stereocenters. The molecular formula is C12H17ClN2O4S2. The largest absolute Gasteiger partial charge is 0.289 e. The molecule has 21 heavy (non-hydrogen) atoms. The molecule has 0 amide bonds. The predicted molar refractivity (Wildman–Crippen MR) is 85.6 cm³/mol. The minimum atomic E-state index is -3.82. The average molecular weight is 353 g/mol. The van der Waals surface area contributed by atoms with E-state index >= 15 is 0 Å². The van der Waals surface area contributed by atoms with Gasteiger partial charge in [-0.2, -0.15) is 11.8 Å². The van der Waals surface area contributed by atoms with Gasteiger partial charge in [0.1, 0.15) is 5.02 Å². The number of aryl methyl sites for hydroxylation is 1. The smallest absolute Gasteiger partial charge is 0.258 e. The molecule has 1 rings (SSSR count). The first-order chi connectivity index (χ1) is 9.69. The summed E-state index contributed by atoms with van der Waals surface area (Å²) >= 11 is 7.37. The minimum absolute atomic E-state index is 0.0777. The van der Waals surface area contributed by atoms with Gasteiger partial charge in [0.05, 0.1) is 9.82 Å². The van der Waals surface area contributed by atoms with E-state index < -0.39 is 20.6 Å². The van der Waals surface area contributed by atoms with Crippen LogP contribution < -0.4 is 4.72 Å². The van der Waals surface area contributed by atoms with E-state index in [0.29, 0.717) is 11.3 Å². The molecule has 0 aromatic heterocycles. The number of nitrogens with zero attached hydrogens (tertiary/aromatic N) is 1. The summed E-state index contributed by atoms with van der Waals surface area (Å²) in [6, 6.07) is 2.02. The van der Waals surface area contributed by atoms with Gasteiger partial charge in [-0.05, 0) is 31.2 Å². The van der Waals surface area contributed by atoms with Crippen molar-refractivity contribution in [3.63, 3.8) is 0 Å². The van der Waals surface area contributed by atoms with Gasteiger partial charge < -0.3 is 0 Å². The monoisotopic (exact) mass is 352 g/mol. The van der Waals surface area contributed by atoms with Crippen LogP contribution in [0.2, 0.25) is 5.02 Å². The topological polar surface area (TPSA) is 89.3 Å². The first kappa shape index (κ1) is 18.2. The highest BCUT2D eigenvalue weighted by Gasteiger charge is 2.24. The van der Waals surface area contributed by atoms with Crippen molar-refractivity contribution in [1.29, 1.82) is 0 Å². The van der Waals surface area contributed by atoms with Gasteiger partial charge in [-0.25, -0.2) is 13.1 Å². The van der Waals surface area contributed by atoms with Gasteiger partial charge in [-0.15, -0.1) is 0 Å². The van der Waals surface area contributed by atoms with Crippen LogP contribution in [0.25, 0.3) is 0 Å². The van der Waals surface area contributed by atoms with Crippen molar-refractivity contribution in [2.45, 2.75) is 31.7 Å². The second-order valence-electron chi connectivity index (χ2n) is 4.51. The molecule has 0 aliphatic heterocycles. The number of rotatable bonds is 7. The molecule has 1 aromatic carbocycles. The Balaban J connectivity index is 3.13. The zero-order valence-corrected chi connectivity index (χ0v) is 14.3. The third kappa shape index (κ3) is 4.84. The van der Waals surface area contributed by atoms with E-state index in [-0.39, 0.29) is 16.0 Å². The molecule has 0 aliphatic carbocycles. The third-order valence-electron chi connectivity index (χ3n) is 2.66. The normalized spacial score (nSPS) is 13.1. The molecule has 1 atom stereocenters. The molecular weight excluding hydrogens is 336 g/mol. The lowest BCUT2D eigenvalue weighted by atomic mass is 10.2. The summed E-state index contributed by atoms with van der Waals surface area (Å²) in [5, 5.41) is 10.8. The average Bonchev–Trinajstić information content (AvgIpc) is 2.34. The molecule has 0 bridgehead atoms. The van der Waals surface area contributed by atoms with Crippen molar-refractivity contribution in [2.24, 2.45) is 0 Å². The number of nitrogens with one attached hydrogen (secondary N) is 1. The fourth-order valence-corrected chi connectivity index (χ4v) is 4.28. The van der Waals surface area contributed by atoms with E-state index in [9.17, 15) is 18.5 Å². The lowest BCUT2D eigenvalue weighted by molar-refractivity contribution is -0.384. The predicted octanol–water partition coefficient (Wildman–Crippen LogP) is 2.98. The van der Waals surface area contributed by atoms with Gasteiger partial charge in [0.15, 0.2) is 0 Å². The highest BCUT2D eigenvalue weighted by molar-refractivity contribution is 7.99. The second-order valence-corrected chi connectivity index (χ2v) is 7.92. The Morgan fingerprint density at radius 2 is 2.10 bits per heavy atom. The van der Waals surface area contributed by atoms with Gasteiger partial charge in [0.2, 0.25) is 10.0 Å². The maximum atomic E-state index is 12.3. The van der Waals surface area contributed by atoms with E-state index in [4.69, 9.17) is 11.6 Å². The summed E-state index contributed by atoms with van der Waals surface area (Å²) < 4.78 is 27.2. The number of sulfonamides is 1. The van der Waals surface area contributed by atoms with Crippen molar-refractivity contribution in [3.8, 4) is 0 Å². The summed E-state index contributed by atoms with van der Waals surface area (Å²) in [5.74, 6) is 1.52. The van der Waals surface area contributed by atoms with Crippen LogP contribution in [-0.4, -0.2) is 30.9 Å². The van der Waals surface area contributed by atoms with Gasteiger partial charge in [0.25, 0.3) is 5.69 Å². The number of nitro groups is 1. The van der Waals surface area contributed by atoms with Crippen LogP contribution in [0, 0.1) is 17.0 Å². The summed E-state index contributed by atoms with van der Waals surface area (Å²) in [5.41, 5.74) is -0.0494. The fraction of sp³-hybridized carbons (Fsp3) is 0.500. The van der Waals surface area contributed by atoms with E-state index in [1.165, 1.54) is 6.07 Å². The van der Waals surface area contributed by atoms with Gasteiger partial charge in [0, 0.05) is 17.9 Å². The van der Waals surface area contributed by atoms with Gasteiger partial charge in [-0.3, -0.25) is 10.1 Å². The van der Waals surface area contributed by atoms with Crippen molar-refractivity contribution in [1.82, 2.24) is 4.72 Å². The van der Waals surface area contributed by atoms with Gasteiger partial charge >= 0.3 is 0 Å². The van der Waals surface area contributed by atoms with Crippen molar-refractivity contribution >= 4 is 39.1 Å². The maximum absolute atomic E-state index is 12.3. The number of thioether (sulfide) groups is 1. The van der Waals surface area contributed by atoms with Crippen LogP contribution in [0.1, 0.15) is 19.4 Å². The second kappa shape index (κ2) is 7.44. The van der Waals surface area contributed by atoms with Crippen LogP contribution in [0.15, 0.2) is 17.0 Å². The Morgan fingerprint density at radius 3 is 2.62 bits per heavy atom. The molecule has 0 radical (unpaired) electrons. The van der Waals surface area contributed by atoms with E-state index in [1.54, 1.807) is 25.6 Å². The molecule has 0 saturated heterocycles. The van der Waals surface area contributed by atoms with Crippen LogP contribution in [0.3, 0.4) is 0 Å². The zero-order valence-electron chi connectivity index (χ0n) is 11.9. The Labute approximate surface area is 133 Å². The van der Waals surface area contributed by atoms with Crippen molar-refractivity contribution in [2.75, 3.05) is 11.5 Å². The Morgan fingerprint density at radius 1 is 1.48 bits per heavy atom. The maximum Gasteiger partial charge on any atom is 0.289 e. The molecule has 1 aromatic rings. The molecule has 118 valence electrons. The lowest BCUT2D eigenvalue weighted by Crippen LogP contribution is -2.34. The molecule has 6 nitrogen and oxygen atoms in total. The van der Waals surface area contributed by atoms with Crippen molar-refractivity contribution < 1.29 is 13.3 Å². The van der Waals surface area contributed by atoms with Crippen LogP contribution >= 0.6 is 23.4 Å². The number of nitro benzene ring substituents is 1. The zero-order chi connectivity index (χ0) is 16.2. The summed E-state index contributed by atoms with van der Waals surface area (Å²) in [4.78, 5) is 10.1. The van der Waals surface area contributed by atoms with Crippen LogP contribution in [0.5, 0.6) is 0 Å². The summed E-state index contributed by atoms with van der Waals surface area (Å²) in [6.07, 6.45) is 0. The number of benzene rings is 1. The fourth-order valence-electron chi connectivity index (χ4n) is 1.73. The van der Waals surface area contributed by atoms with Crippen LogP contribution in [0.4, 0.5) is 5.69 Å². The standard InChI is InChI=1S/C12H17ClN2O4S2/c1-4-20-7-9(3)14-21(18,19)12-6-11(15(16)17)10(13)5-8(12)2/h5-6,9,14H,4,7H2,1-3H3. The van der Waals surface area contributed by atoms with Crippen molar-refractivity contribution in [3.05, 3.63) is 32.8 Å². The Kier molecular flexibility index (Phi) is 6.45. The lowest BCUT2D eigenvalue weighted by Gasteiger charge is -2.15. The molecule has 0 heterocycles. The molecule has 9 heteroatoms. The minimum Gasteiger partial charge on any atom is -0.258 e. The van der Waals surface area contributed by atoms with E-state index in [2.05, 4.69) is 4.72 Å². The highest BCUT2D eigenvalue weighted by atomic mass is 35.5. The number of hydrogen-bond donors (Lipinski definition) is 1. The number of halogens is 1. The first-order valence-corrected chi connectivity index (χ1v) is 9.25. The highest BCUT2D eigenvalue weighted by Crippen LogP contribution is 2.30. The van der Waals surface area contributed by atoms with E-state index in [0.717, 1.165) is 11.8 Å². The van der Waals surface area contributed by atoms with Gasteiger partial charge in [-0.1, -0.05) is 18.5 Å². The number of hydrogen-bond acceptors (Lipinski definition) is 5. The molecule has 0 saturated carbocycles. The molecule has 1 N–H and O–H groups in total. The molecule has 0 spiro atoms. The molecule has 0 fully saturated rings. The first-order valence-electron chi connectivity index (χ1n) is 6.23. The van der Waals surface area contributed by atoms with Crippen LogP contribution in [-0.2, 0) is 10.0 Å². The summed E-state index contributed by atoms with van der Waals surface area (Å²) in [7, 11) is -3.82. The Hall–Kier alpha value is -0.830. The van der Waals surface area contributed by atoms with E-state index in [1.807, 2.05) is 6.92 Å². The molecule has 0 aliphatic rings. The Bertz CT molecular complexity index is 634.